The maximum atomic E-state index is 4.81. The molecule has 0 aliphatic heterocycles. The second-order valence-corrected chi connectivity index (χ2v) is 5.95. The van der Waals surface area contributed by atoms with Crippen molar-refractivity contribution in [1.82, 2.24) is 15.3 Å². The molecule has 0 spiro atoms. The maximum Gasteiger partial charge on any atom is 0.169 e. The molecule has 0 aromatic carbocycles. The van der Waals surface area contributed by atoms with Crippen molar-refractivity contribution in [3.8, 4) is 10.7 Å². The van der Waals surface area contributed by atoms with Crippen LogP contribution >= 0.6 is 11.3 Å². The summed E-state index contributed by atoms with van der Waals surface area (Å²) in [7, 11) is 0. The first-order valence-corrected chi connectivity index (χ1v) is 7.81. The van der Waals surface area contributed by atoms with Gasteiger partial charge in [-0.15, -0.1) is 11.3 Å². The predicted octanol–water partition coefficient (Wildman–Crippen LogP) is 3.50. The van der Waals surface area contributed by atoms with Gasteiger partial charge >= 0.3 is 0 Å². The van der Waals surface area contributed by atoms with Gasteiger partial charge in [0.15, 0.2) is 5.82 Å². The highest BCUT2D eigenvalue weighted by molar-refractivity contribution is 7.13. The number of rotatable bonds is 3. The molecule has 0 saturated carbocycles. The van der Waals surface area contributed by atoms with Gasteiger partial charge < -0.3 is 5.32 Å². The van der Waals surface area contributed by atoms with E-state index in [-0.39, 0.29) is 0 Å². The third-order valence-electron chi connectivity index (χ3n) is 3.70. The molecule has 1 aliphatic rings. The van der Waals surface area contributed by atoms with Gasteiger partial charge in [0.25, 0.3) is 0 Å². The van der Waals surface area contributed by atoms with E-state index in [0.717, 1.165) is 18.8 Å². The lowest BCUT2D eigenvalue weighted by molar-refractivity contribution is 0.464. The van der Waals surface area contributed by atoms with Crippen LogP contribution in [0.4, 0.5) is 0 Å². The van der Waals surface area contributed by atoms with Crippen molar-refractivity contribution in [3.05, 3.63) is 34.5 Å². The normalized spacial score (nSPS) is 18.3. The second kappa shape index (κ2) is 5.39. The van der Waals surface area contributed by atoms with Gasteiger partial charge in [0.1, 0.15) is 0 Å². The first-order chi connectivity index (χ1) is 9.29. The maximum absolute atomic E-state index is 4.81. The van der Waals surface area contributed by atoms with Crippen molar-refractivity contribution >= 4 is 11.3 Å². The Kier molecular flexibility index (Phi) is 3.62. The largest absolute Gasteiger partial charge is 0.310 e. The van der Waals surface area contributed by atoms with Gasteiger partial charge in [0.2, 0.25) is 0 Å². The van der Waals surface area contributed by atoms with Crippen molar-refractivity contribution in [1.29, 1.82) is 0 Å². The fourth-order valence-corrected chi connectivity index (χ4v) is 3.58. The third kappa shape index (κ3) is 2.42. The molecule has 0 radical (unpaired) electrons. The third-order valence-corrected chi connectivity index (χ3v) is 4.71. The van der Waals surface area contributed by atoms with E-state index < -0.39 is 0 Å². The van der Waals surface area contributed by atoms with Crippen molar-refractivity contribution in [2.75, 3.05) is 6.54 Å². The number of hydrogen-bond acceptors (Lipinski definition) is 4. The second-order valence-electron chi connectivity index (χ2n) is 5.03. The summed E-state index contributed by atoms with van der Waals surface area (Å²) in [4.78, 5) is 10.6. The van der Waals surface area contributed by atoms with Gasteiger partial charge in [-0.3, -0.25) is 0 Å². The molecule has 1 atom stereocenters. The molecule has 4 heteroatoms. The Labute approximate surface area is 118 Å². The molecular weight excluding hydrogens is 254 g/mol. The first-order valence-electron chi connectivity index (χ1n) is 6.93. The molecule has 1 unspecified atom stereocenters. The molecule has 0 amide bonds. The summed E-state index contributed by atoms with van der Waals surface area (Å²) in [6.07, 6.45) is 5.52. The van der Waals surface area contributed by atoms with E-state index >= 15 is 0 Å². The summed E-state index contributed by atoms with van der Waals surface area (Å²) in [5.74, 6) is 0.892. The van der Waals surface area contributed by atoms with Gasteiger partial charge in [0.05, 0.1) is 4.88 Å². The van der Waals surface area contributed by atoms with E-state index in [4.69, 9.17) is 4.98 Å². The van der Waals surface area contributed by atoms with Crippen LogP contribution in [-0.4, -0.2) is 16.5 Å². The van der Waals surface area contributed by atoms with Crippen LogP contribution in [0.2, 0.25) is 0 Å². The molecule has 0 bridgehead atoms. The summed E-state index contributed by atoms with van der Waals surface area (Å²) in [5.41, 5.74) is 3.80. The predicted molar refractivity (Wildman–Crippen MR) is 79.4 cm³/mol. The van der Waals surface area contributed by atoms with Crippen LogP contribution in [0.1, 0.15) is 42.6 Å². The van der Waals surface area contributed by atoms with Crippen molar-refractivity contribution < 1.29 is 0 Å². The minimum Gasteiger partial charge on any atom is -0.310 e. The van der Waals surface area contributed by atoms with Gasteiger partial charge in [-0.05, 0) is 49.7 Å². The summed E-state index contributed by atoms with van der Waals surface area (Å²) >= 11 is 1.72. The Bertz CT molecular complexity index is 577. The van der Waals surface area contributed by atoms with E-state index in [2.05, 4.69) is 35.6 Å². The standard InChI is InChI=1S/C15H19N3S/c1-3-16-12-5-4-6-13-11(12)9-17-15(18-13)14-10(2)7-8-19-14/h7-9,12,16H,3-6H2,1-2H3. The lowest BCUT2D eigenvalue weighted by atomic mass is 9.92. The van der Waals surface area contributed by atoms with E-state index in [1.54, 1.807) is 11.3 Å². The van der Waals surface area contributed by atoms with E-state index in [1.165, 1.54) is 34.5 Å². The SMILES string of the molecule is CCNC1CCCc2nc(-c3sccc3C)ncc21. The zero-order valence-corrected chi connectivity index (χ0v) is 12.3. The molecule has 0 saturated heterocycles. The molecule has 2 aromatic rings. The number of aryl methyl sites for hydroxylation is 2. The molecule has 3 rings (SSSR count). The molecule has 100 valence electrons. The number of aromatic nitrogens is 2. The minimum absolute atomic E-state index is 0.437. The number of hydrogen-bond donors (Lipinski definition) is 1. The van der Waals surface area contributed by atoms with Crippen LogP contribution in [0.15, 0.2) is 17.6 Å². The number of fused-ring (bicyclic) bond motifs is 1. The van der Waals surface area contributed by atoms with E-state index in [0.29, 0.717) is 6.04 Å². The first kappa shape index (κ1) is 12.8. The smallest absolute Gasteiger partial charge is 0.169 e. The van der Waals surface area contributed by atoms with E-state index in [9.17, 15) is 0 Å². The summed E-state index contributed by atoms with van der Waals surface area (Å²) < 4.78 is 0. The van der Waals surface area contributed by atoms with Gasteiger partial charge in [-0.25, -0.2) is 9.97 Å². The molecule has 19 heavy (non-hydrogen) atoms. The Hall–Kier alpha value is -1.26. The van der Waals surface area contributed by atoms with Crippen LogP contribution in [0.25, 0.3) is 10.7 Å². The van der Waals surface area contributed by atoms with Crippen LogP contribution in [0.5, 0.6) is 0 Å². The van der Waals surface area contributed by atoms with Crippen LogP contribution in [0.3, 0.4) is 0 Å². The Morgan fingerprint density at radius 1 is 1.47 bits per heavy atom. The highest BCUT2D eigenvalue weighted by Crippen LogP contribution is 2.31. The quantitative estimate of drug-likeness (QED) is 0.930. The molecule has 1 aliphatic carbocycles. The summed E-state index contributed by atoms with van der Waals surface area (Å²) in [6, 6.07) is 2.57. The molecule has 2 aromatic heterocycles. The minimum atomic E-state index is 0.437. The molecular formula is C15H19N3S. The topological polar surface area (TPSA) is 37.8 Å². The highest BCUT2D eigenvalue weighted by Gasteiger charge is 2.22. The van der Waals surface area contributed by atoms with Crippen LogP contribution in [-0.2, 0) is 6.42 Å². The zero-order chi connectivity index (χ0) is 13.2. The Morgan fingerprint density at radius 2 is 2.37 bits per heavy atom. The summed E-state index contributed by atoms with van der Waals surface area (Å²) in [5, 5.41) is 5.63. The van der Waals surface area contributed by atoms with Crippen molar-refractivity contribution in [3.63, 3.8) is 0 Å². The number of nitrogens with one attached hydrogen (secondary N) is 1. The molecule has 1 N–H and O–H groups in total. The average molecular weight is 273 g/mol. The fourth-order valence-electron chi connectivity index (χ4n) is 2.72. The highest BCUT2D eigenvalue weighted by atomic mass is 32.1. The van der Waals surface area contributed by atoms with Gasteiger partial charge in [-0.2, -0.15) is 0 Å². The monoisotopic (exact) mass is 273 g/mol. The summed E-state index contributed by atoms with van der Waals surface area (Å²) in [6.45, 7) is 5.27. The Morgan fingerprint density at radius 3 is 3.11 bits per heavy atom. The lowest BCUT2D eigenvalue weighted by Crippen LogP contribution is -2.25. The molecule has 0 fully saturated rings. The van der Waals surface area contributed by atoms with E-state index in [1.807, 2.05) is 6.20 Å². The molecule has 2 heterocycles. The van der Waals surface area contributed by atoms with Gasteiger partial charge in [-0.1, -0.05) is 6.92 Å². The number of nitrogens with zero attached hydrogens (tertiary/aromatic N) is 2. The average Bonchev–Trinajstić information content (AvgIpc) is 2.85. The number of thiophene rings is 1. The molecule has 3 nitrogen and oxygen atoms in total. The van der Waals surface area contributed by atoms with Gasteiger partial charge in [0, 0.05) is 23.5 Å². The van der Waals surface area contributed by atoms with Crippen molar-refractivity contribution in [2.24, 2.45) is 0 Å². The lowest BCUT2D eigenvalue weighted by Gasteiger charge is -2.25. The van der Waals surface area contributed by atoms with Crippen LogP contribution in [0, 0.1) is 6.92 Å². The zero-order valence-electron chi connectivity index (χ0n) is 11.4. The fraction of sp³-hybridized carbons (Fsp3) is 0.467. The van der Waals surface area contributed by atoms with Crippen molar-refractivity contribution in [2.45, 2.75) is 39.2 Å². The Balaban J connectivity index is 1.98. The van der Waals surface area contributed by atoms with Crippen LogP contribution < -0.4 is 5.32 Å².